The summed E-state index contributed by atoms with van der Waals surface area (Å²) in [5, 5.41) is 0. The fourth-order valence-corrected chi connectivity index (χ4v) is 1.33. The topological polar surface area (TPSA) is 0 Å². The zero-order valence-electron chi connectivity index (χ0n) is 6.40. The van der Waals surface area contributed by atoms with Crippen LogP contribution < -0.4 is 0 Å². The molecule has 0 aliphatic heterocycles. The van der Waals surface area contributed by atoms with Crippen LogP contribution in [0.4, 0.5) is 0 Å². The van der Waals surface area contributed by atoms with Crippen LogP contribution in [0.1, 0.15) is 32.1 Å². The molecule has 2 saturated carbocycles. The predicted octanol–water partition coefficient (Wildman–Crippen LogP) is 3.06. The van der Waals surface area contributed by atoms with Crippen molar-refractivity contribution in [1.82, 2.24) is 0 Å². The second-order valence-corrected chi connectivity index (χ2v) is 3.50. The minimum absolute atomic E-state index is 0.899. The van der Waals surface area contributed by atoms with Crippen molar-refractivity contribution in [1.29, 1.82) is 0 Å². The van der Waals surface area contributed by atoms with Crippen LogP contribution in [-0.2, 0) is 0 Å². The Morgan fingerprint density at radius 2 is 2.20 bits per heavy atom. The fourth-order valence-electron chi connectivity index (χ4n) is 1.33. The van der Waals surface area contributed by atoms with Crippen LogP contribution in [0.3, 0.4) is 0 Å². The van der Waals surface area contributed by atoms with Crippen molar-refractivity contribution in [3.05, 3.63) is 23.8 Å². The molecule has 0 heteroatoms. The Kier molecular flexibility index (Phi) is 1.40. The lowest BCUT2D eigenvalue weighted by Crippen LogP contribution is -1.72. The fraction of sp³-hybridized carbons (Fsp3) is 0.600. The maximum atomic E-state index is 3.94. The van der Waals surface area contributed by atoms with E-state index in [4.69, 9.17) is 0 Å². The third-order valence-corrected chi connectivity index (χ3v) is 2.41. The molecule has 0 saturated heterocycles. The first-order valence-corrected chi connectivity index (χ1v) is 4.22. The van der Waals surface area contributed by atoms with E-state index in [1.54, 1.807) is 5.57 Å². The third-order valence-electron chi connectivity index (χ3n) is 2.41. The van der Waals surface area contributed by atoms with Crippen LogP contribution in [0.15, 0.2) is 23.8 Å². The molecule has 0 aromatic rings. The van der Waals surface area contributed by atoms with Crippen molar-refractivity contribution in [2.45, 2.75) is 32.1 Å². The largest absolute Gasteiger partial charge is 0.0995 e. The summed E-state index contributed by atoms with van der Waals surface area (Å²) in [5.74, 6) is 0.899. The number of allylic oxidation sites excluding steroid dienone is 3. The average Bonchev–Trinajstić information content (AvgIpc) is 2.73. The minimum atomic E-state index is 0.899. The summed E-state index contributed by atoms with van der Waals surface area (Å²) in [6.45, 7) is 3.94. The van der Waals surface area contributed by atoms with Gasteiger partial charge in [0.15, 0.2) is 0 Å². The molecule has 54 valence electrons. The van der Waals surface area contributed by atoms with Gasteiger partial charge in [0, 0.05) is 0 Å². The molecule has 2 rings (SSSR count). The van der Waals surface area contributed by atoms with Crippen molar-refractivity contribution < 1.29 is 0 Å². The highest BCUT2D eigenvalue weighted by Crippen LogP contribution is 2.40. The molecule has 1 unspecified atom stereocenters. The molecule has 0 aromatic heterocycles. The molecule has 0 heterocycles. The van der Waals surface area contributed by atoms with Gasteiger partial charge in [0.1, 0.15) is 0 Å². The molecule has 2 aliphatic rings. The molecule has 2 aliphatic carbocycles. The quantitative estimate of drug-likeness (QED) is 0.520. The minimum Gasteiger partial charge on any atom is -0.0995 e. The number of hydrogen-bond donors (Lipinski definition) is 0. The standard InChI is InChI=1S/C10H14/c1-8-7-10(8)4-2-3-9-5-6-9/h3,10H,1-2,4-7H2. The monoisotopic (exact) mass is 134 g/mol. The first-order valence-electron chi connectivity index (χ1n) is 4.22. The smallest absolute Gasteiger partial charge is 0.0166 e. The van der Waals surface area contributed by atoms with Crippen molar-refractivity contribution >= 4 is 0 Å². The van der Waals surface area contributed by atoms with E-state index in [0.29, 0.717) is 0 Å². The predicted molar refractivity (Wildman–Crippen MR) is 43.8 cm³/mol. The van der Waals surface area contributed by atoms with Crippen molar-refractivity contribution in [3.8, 4) is 0 Å². The summed E-state index contributed by atoms with van der Waals surface area (Å²) in [4.78, 5) is 0. The second-order valence-electron chi connectivity index (χ2n) is 3.50. The van der Waals surface area contributed by atoms with Gasteiger partial charge in [0.05, 0.1) is 0 Å². The van der Waals surface area contributed by atoms with Crippen LogP contribution in [0.25, 0.3) is 0 Å². The molecule has 0 N–H and O–H groups in total. The van der Waals surface area contributed by atoms with Gasteiger partial charge in [-0.05, 0) is 38.0 Å². The number of rotatable bonds is 3. The summed E-state index contributed by atoms with van der Waals surface area (Å²) in [6, 6.07) is 0. The first-order chi connectivity index (χ1) is 4.86. The lowest BCUT2D eigenvalue weighted by atomic mass is 10.2. The summed E-state index contributed by atoms with van der Waals surface area (Å²) in [6.07, 6.45) is 9.16. The highest BCUT2D eigenvalue weighted by Gasteiger charge is 2.25. The van der Waals surface area contributed by atoms with Gasteiger partial charge in [0.25, 0.3) is 0 Å². The second kappa shape index (κ2) is 2.26. The molecule has 10 heavy (non-hydrogen) atoms. The summed E-state index contributed by atoms with van der Waals surface area (Å²) in [7, 11) is 0. The van der Waals surface area contributed by atoms with E-state index >= 15 is 0 Å². The summed E-state index contributed by atoms with van der Waals surface area (Å²) in [5.41, 5.74) is 3.17. The Bertz CT molecular complexity index is 180. The van der Waals surface area contributed by atoms with Gasteiger partial charge in [-0.25, -0.2) is 0 Å². The first kappa shape index (κ1) is 6.21. The van der Waals surface area contributed by atoms with Gasteiger partial charge < -0.3 is 0 Å². The SMILES string of the molecule is C=C1CC1CCC=C1CC1. The van der Waals surface area contributed by atoms with Crippen molar-refractivity contribution in [2.24, 2.45) is 5.92 Å². The Morgan fingerprint density at radius 3 is 2.70 bits per heavy atom. The normalized spacial score (nSPS) is 28.6. The number of hydrogen-bond acceptors (Lipinski definition) is 0. The molecule has 1 atom stereocenters. The molecule has 0 bridgehead atoms. The lowest BCUT2D eigenvalue weighted by molar-refractivity contribution is 0.763. The van der Waals surface area contributed by atoms with Gasteiger partial charge in [-0.2, -0.15) is 0 Å². The molecular formula is C10H14. The van der Waals surface area contributed by atoms with Crippen LogP contribution in [-0.4, -0.2) is 0 Å². The van der Waals surface area contributed by atoms with Gasteiger partial charge in [0.2, 0.25) is 0 Å². The maximum Gasteiger partial charge on any atom is -0.0166 e. The van der Waals surface area contributed by atoms with Gasteiger partial charge in [-0.3, -0.25) is 0 Å². The van der Waals surface area contributed by atoms with Crippen molar-refractivity contribution in [2.75, 3.05) is 0 Å². The Hall–Kier alpha value is -0.520. The Balaban J connectivity index is 1.64. The van der Waals surface area contributed by atoms with E-state index in [-0.39, 0.29) is 0 Å². The molecule has 0 amide bonds. The van der Waals surface area contributed by atoms with Gasteiger partial charge in [-0.15, -0.1) is 0 Å². The van der Waals surface area contributed by atoms with E-state index in [2.05, 4.69) is 12.7 Å². The lowest BCUT2D eigenvalue weighted by Gasteiger charge is -1.87. The van der Waals surface area contributed by atoms with Gasteiger partial charge >= 0.3 is 0 Å². The van der Waals surface area contributed by atoms with E-state index in [1.807, 2.05) is 0 Å². The molecule has 0 aromatic carbocycles. The molecule has 0 nitrogen and oxygen atoms in total. The molecular weight excluding hydrogens is 120 g/mol. The summed E-state index contributed by atoms with van der Waals surface area (Å²) >= 11 is 0. The van der Waals surface area contributed by atoms with E-state index in [9.17, 15) is 0 Å². The van der Waals surface area contributed by atoms with Crippen LogP contribution >= 0.6 is 0 Å². The summed E-state index contributed by atoms with van der Waals surface area (Å²) < 4.78 is 0. The van der Waals surface area contributed by atoms with Crippen molar-refractivity contribution in [3.63, 3.8) is 0 Å². The van der Waals surface area contributed by atoms with E-state index < -0.39 is 0 Å². The zero-order valence-corrected chi connectivity index (χ0v) is 6.40. The molecule has 0 radical (unpaired) electrons. The molecule has 0 spiro atoms. The van der Waals surface area contributed by atoms with E-state index in [1.165, 1.54) is 37.7 Å². The third kappa shape index (κ3) is 1.50. The Labute approximate surface area is 62.6 Å². The highest BCUT2D eigenvalue weighted by atomic mass is 14.3. The van der Waals surface area contributed by atoms with Crippen LogP contribution in [0.5, 0.6) is 0 Å². The molecule has 2 fully saturated rings. The highest BCUT2D eigenvalue weighted by molar-refractivity contribution is 5.20. The van der Waals surface area contributed by atoms with Gasteiger partial charge in [-0.1, -0.05) is 23.8 Å². The maximum absolute atomic E-state index is 3.94. The van der Waals surface area contributed by atoms with Crippen LogP contribution in [0.2, 0.25) is 0 Å². The van der Waals surface area contributed by atoms with Crippen LogP contribution in [0, 0.1) is 5.92 Å². The zero-order chi connectivity index (χ0) is 6.97. The Morgan fingerprint density at radius 1 is 1.50 bits per heavy atom. The van der Waals surface area contributed by atoms with E-state index in [0.717, 1.165) is 5.92 Å². The average molecular weight is 134 g/mol.